The largest absolute Gasteiger partial charge is 0.394 e. The molecular formula is C14H27NO11. The minimum atomic E-state index is -1.61. The zero-order valence-electron chi connectivity index (χ0n) is 14.4. The highest BCUT2D eigenvalue weighted by atomic mass is 16.7. The van der Waals surface area contributed by atoms with Crippen molar-refractivity contribution in [2.75, 3.05) is 27.4 Å². The van der Waals surface area contributed by atoms with Gasteiger partial charge in [-0.3, -0.25) is 4.84 Å². The van der Waals surface area contributed by atoms with Crippen LogP contribution < -0.4 is 0 Å². The van der Waals surface area contributed by atoms with Gasteiger partial charge in [-0.25, -0.2) is 0 Å². The quantitative estimate of drug-likeness (QED) is 0.217. The van der Waals surface area contributed by atoms with Gasteiger partial charge in [0.15, 0.2) is 12.5 Å². The van der Waals surface area contributed by atoms with Crippen molar-refractivity contribution >= 4 is 0 Å². The van der Waals surface area contributed by atoms with Crippen LogP contribution in [-0.2, 0) is 19.0 Å². The summed E-state index contributed by atoms with van der Waals surface area (Å²) in [5.74, 6) is 0. The molecule has 12 heteroatoms. The Balaban J connectivity index is 2.12. The summed E-state index contributed by atoms with van der Waals surface area (Å²) < 4.78 is 15.7. The average Bonchev–Trinajstić information content (AvgIpc) is 2.64. The van der Waals surface area contributed by atoms with Gasteiger partial charge in [0.05, 0.1) is 20.3 Å². The van der Waals surface area contributed by atoms with Crippen LogP contribution in [0.1, 0.15) is 0 Å². The van der Waals surface area contributed by atoms with Gasteiger partial charge in [-0.1, -0.05) is 0 Å². The Hall–Kier alpha value is -0.480. The van der Waals surface area contributed by atoms with Crippen LogP contribution in [-0.4, -0.2) is 130 Å². The highest BCUT2D eigenvalue weighted by Crippen LogP contribution is 2.27. The SMILES string of the molecule is CO[C@H]1O[C@H](CN(OC)[C@@H]2O[C@H](CO)[C@@H](O)[C@H](O)[C@H]2O)[C@@H](O)[C@H](O)[C@H]1O. The van der Waals surface area contributed by atoms with E-state index >= 15 is 0 Å². The highest BCUT2D eigenvalue weighted by molar-refractivity contribution is 4.93. The van der Waals surface area contributed by atoms with E-state index in [4.69, 9.17) is 19.0 Å². The van der Waals surface area contributed by atoms with Crippen molar-refractivity contribution in [3.63, 3.8) is 0 Å². The van der Waals surface area contributed by atoms with E-state index in [-0.39, 0.29) is 6.54 Å². The van der Waals surface area contributed by atoms with Gasteiger partial charge in [0.25, 0.3) is 0 Å². The second-order valence-electron chi connectivity index (χ2n) is 6.25. The molecule has 7 N–H and O–H groups in total. The van der Waals surface area contributed by atoms with Crippen LogP contribution in [0.3, 0.4) is 0 Å². The van der Waals surface area contributed by atoms with Crippen LogP contribution in [0.4, 0.5) is 0 Å². The van der Waals surface area contributed by atoms with Crippen molar-refractivity contribution in [3.05, 3.63) is 0 Å². The van der Waals surface area contributed by atoms with Crippen LogP contribution in [0.25, 0.3) is 0 Å². The van der Waals surface area contributed by atoms with Crippen molar-refractivity contribution in [1.29, 1.82) is 0 Å². The predicted molar refractivity (Wildman–Crippen MR) is 81.2 cm³/mol. The second-order valence-corrected chi connectivity index (χ2v) is 6.25. The van der Waals surface area contributed by atoms with E-state index in [9.17, 15) is 35.7 Å². The minimum absolute atomic E-state index is 0.260. The zero-order chi connectivity index (χ0) is 19.6. The van der Waals surface area contributed by atoms with Crippen molar-refractivity contribution < 1.29 is 54.8 Å². The minimum Gasteiger partial charge on any atom is -0.394 e. The van der Waals surface area contributed by atoms with Crippen molar-refractivity contribution in [3.8, 4) is 0 Å². The number of rotatable bonds is 6. The van der Waals surface area contributed by atoms with Gasteiger partial charge in [-0.15, -0.1) is 0 Å². The molecule has 10 atom stereocenters. The molecule has 0 amide bonds. The lowest BCUT2D eigenvalue weighted by Crippen LogP contribution is -2.65. The number of aliphatic hydroxyl groups excluding tert-OH is 7. The smallest absolute Gasteiger partial charge is 0.186 e. The summed E-state index contributed by atoms with van der Waals surface area (Å²) in [6.45, 7) is -0.873. The Morgan fingerprint density at radius 3 is 1.88 bits per heavy atom. The van der Waals surface area contributed by atoms with E-state index in [1.807, 2.05) is 0 Å². The molecule has 0 bridgehead atoms. The monoisotopic (exact) mass is 385 g/mol. The van der Waals surface area contributed by atoms with Crippen LogP contribution >= 0.6 is 0 Å². The first-order chi connectivity index (χ1) is 12.3. The number of hydroxylamine groups is 2. The number of aliphatic hydroxyl groups is 7. The van der Waals surface area contributed by atoms with E-state index in [2.05, 4.69) is 0 Å². The maximum absolute atomic E-state index is 10.2. The summed E-state index contributed by atoms with van der Waals surface area (Å²) in [5, 5.41) is 70.0. The number of hydrogen-bond donors (Lipinski definition) is 7. The third kappa shape index (κ3) is 4.16. The van der Waals surface area contributed by atoms with Gasteiger partial charge in [0, 0.05) is 7.11 Å². The molecule has 2 rings (SSSR count). The molecule has 26 heavy (non-hydrogen) atoms. The molecule has 12 nitrogen and oxygen atoms in total. The van der Waals surface area contributed by atoms with Crippen molar-refractivity contribution in [2.24, 2.45) is 0 Å². The van der Waals surface area contributed by atoms with E-state index in [0.29, 0.717) is 0 Å². The number of methoxy groups -OCH3 is 1. The molecule has 2 saturated heterocycles. The molecule has 0 aliphatic carbocycles. The molecule has 2 fully saturated rings. The molecule has 0 aromatic heterocycles. The Morgan fingerprint density at radius 2 is 1.35 bits per heavy atom. The van der Waals surface area contributed by atoms with Gasteiger partial charge >= 0.3 is 0 Å². The van der Waals surface area contributed by atoms with Crippen molar-refractivity contribution in [2.45, 2.75) is 61.3 Å². The Kier molecular flexibility index (Phi) is 7.67. The molecule has 2 aliphatic heterocycles. The normalized spacial score (nSPS) is 47.3. The summed E-state index contributed by atoms with van der Waals surface area (Å²) in [6, 6.07) is 0. The van der Waals surface area contributed by atoms with Crippen LogP contribution in [0.15, 0.2) is 0 Å². The third-order valence-electron chi connectivity index (χ3n) is 4.65. The summed E-state index contributed by atoms with van der Waals surface area (Å²) in [7, 11) is 2.48. The van der Waals surface area contributed by atoms with E-state index in [1.165, 1.54) is 14.2 Å². The molecule has 0 spiro atoms. The maximum Gasteiger partial charge on any atom is 0.186 e. The fraction of sp³-hybridized carbons (Fsp3) is 1.00. The summed E-state index contributed by atoms with van der Waals surface area (Å²) >= 11 is 0. The molecule has 0 aromatic carbocycles. The molecular weight excluding hydrogens is 358 g/mol. The fourth-order valence-electron chi connectivity index (χ4n) is 3.04. The van der Waals surface area contributed by atoms with E-state index in [0.717, 1.165) is 5.06 Å². The van der Waals surface area contributed by atoms with Crippen LogP contribution in [0, 0.1) is 0 Å². The van der Waals surface area contributed by atoms with Crippen LogP contribution in [0.2, 0.25) is 0 Å². The first-order valence-corrected chi connectivity index (χ1v) is 8.10. The molecule has 2 aliphatic rings. The summed E-state index contributed by atoms with van der Waals surface area (Å²) in [5.41, 5.74) is 0. The molecule has 2 heterocycles. The standard InChI is InChI=1S/C14H27NO11/c1-23-14-12(22)10(20)7(17)5(26-14)3-15(24-2)13-11(21)9(19)8(18)6(4-16)25-13/h5-14,16-22H,3-4H2,1-2H3/t5-,6-,7-,8-,9+,10+,11-,12-,13-,14+/m1/s1. The predicted octanol–water partition coefficient (Wildman–Crippen LogP) is -4.90. The van der Waals surface area contributed by atoms with Gasteiger partial charge in [0.1, 0.15) is 48.8 Å². The van der Waals surface area contributed by atoms with Gasteiger partial charge in [-0.05, 0) is 0 Å². The molecule has 0 radical (unpaired) electrons. The lowest BCUT2D eigenvalue weighted by atomic mass is 9.96. The molecule has 0 saturated carbocycles. The molecule has 154 valence electrons. The van der Waals surface area contributed by atoms with Crippen LogP contribution in [0.5, 0.6) is 0 Å². The topological polar surface area (TPSA) is 182 Å². The highest BCUT2D eigenvalue weighted by Gasteiger charge is 2.49. The first-order valence-electron chi connectivity index (χ1n) is 8.10. The maximum atomic E-state index is 10.2. The van der Waals surface area contributed by atoms with Gasteiger partial charge in [-0.2, -0.15) is 5.06 Å². The fourth-order valence-corrected chi connectivity index (χ4v) is 3.04. The number of nitrogens with zero attached hydrogens (tertiary/aromatic N) is 1. The summed E-state index contributed by atoms with van der Waals surface area (Å²) in [4.78, 5) is 5.12. The lowest BCUT2D eigenvalue weighted by Gasteiger charge is -2.46. The van der Waals surface area contributed by atoms with E-state index < -0.39 is 68.0 Å². The molecule has 0 unspecified atom stereocenters. The first kappa shape index (κ1) is 21.8. The second kappa shape index (κ2) is 9.14. The average molecular weight is 385 g/mol. The van der Waals surface area contributed by atoms with Crippen molar-refractivity contribution in [1.82, 2.24) is 5.06 Å². The molecule has 0 aromatic rings. The Labute approximate surface area is 149 Å². The van der Waals surface area contributed by atoms with Gasteiger partial charge in [0.2, 0.25) is 0 Å². The van der Waals surface area contributed by atoms with Gasteiger partial charge < -0.3 is 50.0 Å². The summed E-state index contributed by atoms with van der Waals surface area (Å²) in [6.07, 6.45) is -14.0. The third-order valence-corrected chi connectivity index (χ3v) is 4.65. The number of hydrogen-bond acceptors (Lipinski definition) is 12. The Bertz CT molecular complexity index is 439. The Morgan fingerprint density at radius 1 is 0.769 bits per heavy atom. The van der Waals surface area contributed by atoms with E-state index in [1.54, 1.807) is 0 Å². The lowest BCUT2D eigenvalue weighted by molar-refractivity contribution is -0.348. The number of ether oxygens (including phenoxy) is 3. The zero-order valence-corrected chi connectivity index (χ0v) is 14.4.